The normalized spacial score (nSPS) is 26.4. The predicted molar refractivity (Wildman–Crippen MR) is 25.0 cm³/mol. The molecule has 0 saturated heterocycles. The summed E-state index contributed by atoms with van der Waals surface area (Å²) in [5.74, 6) is -0.125. The smallest absolute Gasteiger partial charge is 0.107 e. The first-order chi connectivity index (χ1) is 3.43. The summed E-state index contributed by atoms with van der Waals surface area (Å²) in [4.78, 5) is 0. The molecule has 1 unspecified atom stereocenters. The molecule has 0 saturated carbocycles. The van der Waals surface area contributed by atoms with Gasteiger partial charge in [0.1, 0.15) is 5.92 Å². The number of hydrazone groups is 1. The van der Waals surface area contributed by atoms with Crippen molar-refractivity contribution in [3.05, 3.63) is 6.54 Å². The monoisotopic (exact) mass is 94.0 g/mol. The standard InChI is InChI=1S/C4H4N3/c5-1-4-2-6-7-3-4/h2-4,6H. The fraction of sp³-hybridized carbons (Fsp3) is 0.250. The van der Waals surface area contributed by atoms with Crippen molar-refractivity contribution in [1.29, 1.82) is 5.26 Å². The van der Waals surface area contributed by atoms with Gasteiger partial charge in [-0.1, -0.05) is 0 Å². The zero-order valence-electron chi connectivity index (χ0n) is 3.63. The summed E-state index contributed by atoms with van der Waals surface area (Å²) in [6.07, 6.45) is 1.56. The van der Waals surface area contributed by atoms with Gasteiger partial charge in [0.15, 0.2) is 0 Å². The Morgan fingerprint density at radius 1 is 1.86 bits per heavy atom. The molecule has 3 nitrogen and oxygen atoms in total. The lowest BCUT2D eigenvalue weighted by atomic mass is 10.2. The molecular formula is C4H4N3. The molecule has 1 N–H and O–H groups in total. The molecule has 7 heavy (non-hydrogen) atoms. The highest BCUT2D eigenvalue weighted by molar-refractivity contribution is 5.67. The van der Waals surface area contributed by atoms with Gasteiger partial charge in [-0.05, 0) is 0 Å². The minimum absolute atomic E-state index is 0.125. The highest BCUT2D eigenvalue weighted by atomic mass is 15.3. The average Bonchev–Trinajstić information content (AvgIpc) is 2.14. The molecule has 1 heterocycles. The average molecular weight is 94.1 g/mol. The highest BCUT2D eigenvalue weighted by Gasteiger charge is 2.06. The van der Waals surface area contributed by atoms with E-state index in [9.17, 15) is 0 Å². The molecule has 3 heteroatoms. The molecule has 1 rings (SSSR count). The fourth-order valence-electron chi connectivity index (χ4n) is 0.360. The van der Waals surface area contributed by atoms with E-state index in [1.165, 1.54) is 0 Å². The third-order valence-electron chi connectivity index (χ3n) is 0.713. The molecule has 1 radical (unpaired) electrons. The molecule has 0 aliphatic carbocycles. The zero-order valence-corrected chi connectivity index (χ0v) is 3.63. The lowest BCUT2D eigenvalue weighted by Crippen LogP contribution is -1.98. The zero-order chi connectivity index (χ0) is 5.11. The maximum atomic E-state index is 8.15. The Labute approximate surface area is 41.6 Å². The Morgan fingerprint density at radius 3 is 3.00 bits per heavy atom. The molecule has 0 aromatic rings. The first-order valence-electron chi connectivity index (χ1n) is 1.95. The van der Waals surface area contributed by atoms with Gasteiger partial charge >= 0.3 is 0 Å². The van der Waals surface area contributed by atoms with Crippen molar-refractivity contribution in [1.82, 2.24) is 5.43 Å². The van der Waals surface area contributed by atoms with Gasteiger partial charge in [-0.2, -0.15) is 10.4 Å². The molecule has 0 fully saturated rings. The Hall–Kier alpha value is -1.04. The third kappa shape index (κ3) is 0.686. The van der Waals surface area contributed by atoms with E-state index >= 15 is 0 Å². The summed E-state index contributed by atoms with van der Waals surface area (Å²) >= 11 is 0. The topological polar surface area (TPSA) is 48.2 Å². The summed E-state index contributed by atoms with van der Waals surface area (Å²) in [6.45, 7) is 1.62. The van der Waals surface area contributed by atoms with Gasteiger partial charge in [0.2, 0.25) is 0 Å². The van der Waals surface area contributed by atoms with E-state index in [-0.39, 0.29) is 5.92 Å². The quantitative estimate of drug-likeness (QED) is 0.454. The molecule has 0 aromatic heterocycles. The molecule has 0 amide bonds. The Kier molecular flexibility index (Phi) is 0.947. The number of nitrogens with zero attached hydrogens (tertiary/aromatic N) is 2. The maximum Gasteiger partial charge on any atom is 0.107 e. The molecule has 0 spiro atoms. The van der Waals surface area contributed by atoms with Crippen LogP contribution in [0.3, 0.4) is 0 Å². The Bertz CT molecular complexity index is 121. The van der Waals surface area contributed by atoms with Crippen molar-refractivity contribution in [3.63, 3.8) is 0 Å². The van der Waals surface area contributed by atoms with E-state index < -0.39 is 0 Å². The third-order valence-corrected chi connectivity index (χ3v) is 0.713. The van der Waals surface area contributed by atoms with Crippen LogP contribution in [0.2, 0.25) is 0 Å². The summed E-state index contributed by atoms with van der Waals surface area (Å²) < 4.78 is 0. The minimum atomic E-state index is -0.125. The number of nitrogens with one attached hydrogen (secondary N) is 1. The van der Waals surface area contributed by atoms with E-state index in [1.807, 2.05) is 6.07 Å². The van der Waals surface area contributed by atoms with E-state index in [2.05, 4.69) is 10.5 Å². The van der Waals surface area contributed by atoms with Crippen LogP contribution in [0.4, 0.5) is 0 Å². The molecule has 1 aliphatic heterocycles. The largest absolute Gasteiger partial charge is 0.303 e. The second-order valence-electron chi connectivity index (χ2n) is 1.23. The molecule has 1 atom stereocenters. The molecule has 0 bridgehead atoms. The molecule has 0 aromatic carbocycles. The first-order valence-corrected chi connectivity index (χ1v) is 1.95. The van der Waals surface area contributed by atoms with Crippen LogP contribution in [0, 0.1) is 23.8 Å². The summed E-state index contributed by atoms with van der Waals surface area (Å²) in [5.41, 5.74) is 2.55. The fourth-order valence-corrected chi connectivity index (χ4v) is 0.360. The summed E-state index contributed by atoms with van der Waals surface area (Å²) in [6, 6.07) is 2.00. The Balaban J connectivity index is 2.47. The van der Waals surface area contributed by atoms with Gasteiger partial charge in [-0.15, -0.1) is 0 Å². The minimum Gasteiger partial charge on any atom is -0.303 e. The lowest BCUT2D eigenvalue weighted by Gasteiger charge is -1.84. The van der Waals surface area contributed by atoms with Crippen LogP contribution in [0.1, 0.15) is 0 Å². The number of nitriles is 1. The number of hydrogen-bond donors (Lipinski definition) is 1. The molecule has 35 valence electrons. The molecular weight excluding hydrogens is 90.1 g/mol. The SMILES string of the molecule is N#CC1[CH]NN=C1. The van der Waals surface area contributed by atoms with Crippen molar-refractivity contribution in [3.8, 4) is 6.07 Å². The van der Waals surface area contributed by atoms with Crippen molar-refractivity contribution in [2.75, 3.05) is 0 Å². The highest BCUT2D eigenvalue weighted by Crippen LogP contribution is 1.96. The van der Waals surface area contributed by atoms with Crippen LogP contribution in [0.25, 0.3) is 0 Å². The van der Waals surface area contributed by atoms with Crippen LogP contribution in [-0.2, 0) is 0 Å². The van der Waals surface area contributed by atoms with Gasteiger partial charge in [-0.3, -0.25) is 0 Å². The van der Waals surface area contributed by atoms with Crippen molar-refractivity contribution < 1.29 is 0 Å². The summed E-state index contributed by atoms with van der Waals surface area (Å²) in [7, 11) is 0. The van der Waals surface area contributed by atoms with Crippen LogP contribution < -0.4 is 5.43 Å². The van der Waals surface area contributed by atoms with E-state index in [0.717, 1.165) is 0 Å². The van der Waals surface area contributed by atoms with Crippen molar-refractivity contribution >= 4 is 6.21 Å². The van der Waals surface area contributed by atoms with Crippen LogP contribution in [0.15, 0.2) is 5.10 Å². The number of rotatable bonds is 0. The first kappa shape index (κ1) is 4.13. The second-order valence-corrected chi connectivity index (χ2v) is 1.23. The van der Waals surface area contributed by atoms with Crippen molar-refractivity contribution in [2.24, 2.45) is 11.0 Å². The van der Waals surface area contributed by atoms with Crippen LogP contribution in [-0.4, -0.2) is 6.21 Å². The van der Waals surface area contributed by atoms with E-state index in [4.69, 9.17) is 5.26 Å². The number of hydrogen-bond acceptors (Lipinski definition) is 3. The Morgan fingerprint density at radius 2 is 2.71 bits per heavy atom. The van der Waals surface area contributed by atoms with Gasteiger partial charge < -0.3 is 5.43 Å². The van der Waals surface area contributed by atoms with E-state index in [1.54, 1.807) is 12.8 Å². The second kappa shape index (κ2) is 1.61. The van der Waals surface area contributed by atoms with Crippen molar-refractivity contribution in [2.45, 2.75) is 0 Å². The van der Waals surface area contributed by atoms with Crippen LogP contribution in [0.5, 0.6) is 0 Å². The molecule has 1 aliphatic rings. The predicted octanol–water partition coefficient (Wildman–Crippen LogP) is -0.123. The van der Waals surface area contributed by atoms with Gasteiger partial charge in [0.05, 0.1) is 12.6 Å². The summed E-state index contributed by atoms with van der Waals surface area (Å²) in [5, 5.41) is 11.7. The van der Waals surface area contributed by atoms with E-state index in [0.29, 0.717) is 0 Å². The van der Waals surface area contributed by atoms with Crippen LogP contribution >= 0.6 is 0 Å². The van der Waals surface area contributed by atoms with Gasteiger partial charge in [0.25, 0.3) is 0 Å². The maximum absolute atomic E-state index is 8.15. The lowest BCUT2D eigenvalue weighted by molar-refractivity contribution is 0.872. The van der Waals surface area contributed by atoms with Gasteiger partial charge in [0, 0.05) is 6.21 Å². The van der Waals surface area contributed by atoms with Gasteiger partial charge in [-0.25, -0.2) is 0 Å².